The molecule has 0 saturated carbocycles. The van der Waals surface area contributed by atoms with Gasteiger partial charge >= 0.3 is 5.97 Å². The molecule has 11 heteroatoms. The van der Waals surface area contributed by atoms with Gasteiger partial charge in [-0.2, -0.15) is 0 Å². The summed E-state index contributed by atoms with van der Waals surface area (Å²) in [7, 11) is 0. The number of nitrogens with two attached hydrogens (primary N) is 1. The highest BCUT2D eigenvalue weighted by Crippen LogP contribution is 2.46. The van der Waals surface area contributed by atoms with Crippen LogP contribution in [0.3, 0.4) is 0 Å². The number of esters is 1. The van der Waals surface area contributed by atoms with Crippen LogP contribution in [-0.4, -0.2) is 44.8 Å². The molecule has 4 N–H and O–H groups in total. The van der Waals surface area contributed by atoms with Gasteiger partial charge in [0.15, 0.2) is 5.60 Å². The van der Waals surface area contributed by atoms with Crippen LogP contribution in [0.25, 0.3) is 22.3 Å². The predicted molar refractivity (Wildman–Crippen MR) is 152 cm³/mol. The van der Waals surface area contributed by atoms with E-state index in [0.717, 1.165) is 22.1 Å². The Morgan fingerprint density at radius 2 is 2.05 bits per heavy atom. The van der Waals surface area contributed by atoms with Crippen molar-refractivity contribution in [3.8, 4) is 11.4 Å². The number of aryl methyl sites for hydroxylation is 1. The van der Waals surface area contributed by atoms with Crippen LogP contribution in [0.2, 0.25) is 0 Å². The average Bonchev–Trinajstić information content (AvgIpc) is 3.30. The first-order valence-corrected chi connectivity index (χ1v) is 14.3. The number of cyclic esters (lactones) is 1. The molecule has 222 valence electrons. The Morgan fingerprint density at radius 3 is 2.71 bits per heavy atom. The molecule has 42 heavy (non-hydrogen) atoms. The third-order valence-electron chi connectivity index (χ3n) is 8.81. The van der Waals surface area contributed by atoms with Gasteiger partial charge in [0.25, 0.3) is 5.56 Å². The lowest BCUT2D eigenvalue weighted by atomic mass is 9.81. The largest absolute Gasteiger partial charge is 0.458 e. The summed E-state index contributed by atoms with van der Waals surface area (Å²) in [6.07, 6.45) is 1.14. The minimum Gasteiger partial charge on any atom is -0.458 e. The van der Waals surface area contributed by atoms with Gasteiger partial charge in [-0.15, -0.1) is 0 Å². The molecular formula is C31H35FN4O6. The Bertz CT molecular complexity index is 1740. The zero-order valence-corrected chi connectivity index (χ0v) is 24.4. The fourth-order valence-electron chi connectivity index (χ4n) is 6.51. The highest BCUT2D eigenvalue weighted by atomic mass is 19.1. The van der Waals surface area contributed by atoms with Crippen molar-refractivity contribution < 1.29 is 28.6 Å². The van der Waals surface area contributed by atoms with Crippen LogP contribution < -0.4 is 16.6 Å². The number of halogens is 1. The lowest BCUT2D eigenvalue weighted by Gasteiger charge is -2.32. The first-order valence-electron chi connectivity index (χ1n) is 14.3. The van der Waals surface area contributed by atoms with Crippen molar-refractivity contribution in [2.24, 2.45) is 5.73 Å². The van der Waals surface area contributed by atoms with Gasteiger partial charge in [0.2, 0.25) is 5.91 Å². The molecular weight excluding hydrogens is 543 g/mol. The number of aromatic nitrogens is 2. The number of benzene rings is 1. The fourth-order valence-corrected chi connectivity index (χ4v) is 6.51. The average molecular weight is 579 g/mol. The molecule has 0 saturated heterocycles. The van der Waals surface area contributed by atoms with Gasteiger partial charge in [0.1, 0.15) is 18.5 Å². The van der Waals surface area contributed by atoms with Crippen LogP contribution in [0.15, 0.2) is 16.9 Å². The second kappa shape index (κ2) is 9.68. The molecule has 0 spiro atoms. The Labute approximate surface area is 242 Å². The summed E-state index contributed by atoms with van der Waals surface area (Å²) in [4.78, 5) is 43.7. The number of primary amides is 1. The molecule has 2 aliphatic heterocycles. The van der Waals surface area contributed by atoms with E-state index < -0.39 is 29.1 Å². The molecule has 1 amide bonds. The van der Waals surface area contributed by atoms with Gasteiger partial charge in [-0.05, 0) is 69.7 Å². The van der Waals surface area contributed by atoms with Crippen LogP contribution in [0.1, 0.15) is 80.0 Å². The topological polar surface area (TPSA) is 146 Å². The molecule has 4 heterocycles. The van der Waals surface area contributed by atoms with Crippen LogP contribution in [-0.2, 0) is 44.2 Å². The van der Waals surface area contributed by atoms with E-state index in [2.05, 4.69) is 5.32 Å². The molecule has 1 aromatic carbocycles. The molecule has 0 radical (unpaired) electrons. The summed E-state index contributed by atoms with van der Waals surface area (Å²) < 4.78 is 27.8. The van der Waals surface area contributed by atoms with Gasteiger partial charge in [0, 0.05) is 28.6 Å². The Kier molecular flexibility index (Phi) is 6.56. The highest BCUT2D eigenvalue weighted by Gasteiger charge is 2.46. The predicted octanol–water partition coefficient (Wildman–Crippen LogP) is 2.77. The van der Waals surface area contributed by atoms with Gasteiger partial charge in [-0.3, -0.25) is 14.9 Å². The molecule has 10 nitrogen and oxygen atoms in total. The number of carbonyl (C=O) groups excluding carboxylic acids is 2. The quantitative estimate of drug-likeness (QED) is 0.296. The number of amides is 1. The van der Waals surface area contributed by atoms with Crippen LogP contribution in [0, 0.1) is 12.7 Å². The summed E-state index contributed by atoms with van der Waals surface area (Å²) in [5.74, 6) is -1.74. The number of hydrogen-bond donors (Lipinski definition) is 3. The number of carbonyl (C=O) groups is 2. The molecule has 1 aliphatic carbocycles. The zero-order chi connectivity index (χ0) is 30.3. The molecule has 0 bridgehead atoms. The van der Waals surface area contributed by atoms with Crippen molar-refractivity contribution in [1.82, 2.24) is 14.9 Å². The number of aliphatic hydroxyl groups is 1. The summed E-state index contributed by atoms with van der Waals surface area (Å²) in [6.45, 7) is 9.09. The molecule has 0 fully saturated rings. The van der Waals surface area contributed by atoms with E-state index in [1.807, 2.05) is 20.8 Å². The molecule has 6 rings (SSSR count). The van der Waals surface area contributed by atoms with Crippen molar-refractivity contribution in [2.45, 2.75) is 90.3 Å². The minimum atomic E-state index is -1.96. The molecule has 3 aliphatic rings. The second-order valence-electron chi connectivity index (χ2n) is 12.4. The maximum atomic E-state index is 15.1. The van der Waals surface area contributed by atoms with Gasteiger partial charge in [-0.25, -0.2) is 14.2 Å². The molecule has 3 atom stereocenters. The van der Waals surface area contributed by atoms with E-state index in [9.17, 15) is 19.5 Å². The first-order chi connectivity index (χ1) is 19.7. The van der Waals surface area contributed by atoms with Crippen molar-refractivity contribution in [3.63, 3.8) is 0 Å². The summed E-state index contributed by atoms with van der Waals surface area (Å²) in [5, 5.41) is 15.4. The molecule has 0 unspecified atom stereocenters. The molecule has 2 aromatic heterocycles. The summed E-state index contributed by atoms with van der Waals surface area (Å²) in [5.41, 5.74) is 7.71. The number of hydrogen-bond acceptors (Lipinski definition) is 8. The maximum Gasteiger partial charge on any atom is 0.343 e. The van der Waals surface area contributed by atoms with E-state index in [1.165, 1.54) is 6.07 Å². The van der Waals surface area contributed by atoms with Crippen molar-refractivity contribution in [1.29, 1.82) is 0 Å². The maximum absolute atomic E-state index is 15.1. The zero-order valence-electron chi connectivity index (χ0n) is 24.4. The number of nitrogens with zero attached hydrogens (tertiary/aromatic N) is 2. The minimum absolute atomic E-state index is 0.0238. The van der Waals surface area contributed by atoms with Crippen LogP contribution in [0.5, 0.6) is 0 Å². The Hall–Kier alpha value is -3.67. The first kappa shape index (κ1) is 28.4. The van der Waals surface area contributed by atoms with Gasteiger partial charge in [0.05, 0.1) is 41.2 Å². The van der Waals surface area contributed by atoms with E-state index in [0.29, 0.717) is 35.3 Å². The highest BCUT2D eigenvalue weighted by molar-refractivity contribution is 5.93. The third kappa shape index (κ3) is 4.25. The number of pyridine rings is 2. The Balaban J connectivity index is 1.56. The van der Waals surface area contributed by atoms with Crippen molar-refractivity contribution >= 4 is 22.8 Å². The Morgan fingerprint density at radius 1 is 1.31 bits per heavy atom. The van der Waals surface area contributed by atoms with Crippen molar-refractivity contribution in [3.05, 3.63) is 61.7 Å². The standard InChI is InChI=1S/C31H35FN4O6/c1-6-31(40)18-9-23-26-16(11-36(23)28(38)17(18)12-41-29(31)39)25-20(34-22(27(33)37)13-42-30(3,4)5)8-7-15-14(2)19(32)10-21(35-26)24(15)25/h9-10,20,22,34,40H,6-8,11-13H2,1-5H3,(H2,33,37)/t20-,22-,31-/m0/s1. The number of nitrogens with one attached hydrogen (secondary N) is 1. The van der Waals surface area contributed by atoms with Gasteiger partial charge in [-0.1, -0.05) is 6.92 Å². The molecule has 3 aromatic rings. The number of rotatable bonds is 6. The fraction of sp³-hybridized carbons (Fsp3) is 0.484. The second-order valence-corrected chi connectivity index (χ2v) is 12.4. The van der Waals surface area contributed by atoms with Crippen LogP contribution >= 0.6 is 0 Å². The van der Waals surface area contributed by atoms with Gasteiger partial charge < -0.3 is 24.9 Å². The summed E-state index contributed by atoms with van der Waals surface area (Å²) >= 11 is 0. The normalized spacial score (nSPS) is 21.5. The van der Waals surface area contributed by atoms with Crippen molar-refractivity contribution in [2.75, 3.05) is 6.61 Å². The van der Waals surface area contributed by atoms with E-state index in [1.54, 1.807) is 24.5 Å². The summed E-state index contributed by atoms with van der Waals surface area (Å²) in [6, 6.07) is 1.88. The lowest BCUT2D eigenvalue weighted by Crippen LogP contribution is -2.48. The number of ether oxygens (including phenoxy) is 2. The number of fused-ring (bicyclic) bond motifs is 5. The van der Waals surface area contributed by atoms with E-state index in [4.69, 9.17) is 20.2 Å². The third-order valence-corrected chi connectivity index (χ3v) is 8.81. The van der Waals surface area contributed by atoms with E-state index >= 15 is 4.39 Å². The monoisotopic (exact) mass is 578 g/mol. The lowest BCUT2D eigenvalue weighted by molar-refractivity contribution is -0.172. The smallest absolute Gasteiger partial charge is 0.343 e. The van der Waals surface area contributed by atoms with E-state index in [-0.39, 0.29) is 54.7 Å². The SMILES string of the molecule is CC[C@@]1(O)C(=O)OCc2c1cc1n(c2=O)Cc2c-1nc1cc(F)c(C)c3c1c2[C@@H](N[C@@H](COC(C)(C)C)C(N)=O)CC3. The van der Waals surface area contributed by atoms with Crippen LogP contribution in [0.4, 0.5) is 4.39 Å².